The van der Waals surface area contributed by atoms with E-state index in [1.165, 1.54) is 65.0 Å². The van der Waals surface area contributed by atoms with Crippen molar-refractivity contribution >= 4 is 29.9 Å². The van der Waals surface area contributed by atoms with Crippen LogP contribution >= 0.6 is 24.0 Å². The van der Waals surface area contributed by atoms with Gasteiger partial charge < -0.3 is 20.0 Å². The van der Waals surface area contributed by atoms with Gasteiger partial charge in [-0.15, -0.1) is 24.0 Å². The normalized spacial score (nSPS) is 23.6. The van der Waals surface area contributed by atoms with Gasteiger partial charge in [-0.25, -0.2) is 0 Å². The van der Waals surface area contributed by atoms with Crippen molar-refractivity contribution in [3.63, 3.8) is 0 Å². The maximum atomic E-state index is 4.50. The van der Waals surface area contributed by atoms with Crippen molar-refractivity contribution in [2.24, 2.45) is 16.8 Å². The van der Waals surface area contributed by atoms with Gasteiger partial charge in [0.1, 0.15) is 0 Å². The van der Waals surface area contributed by atoms with Gasteiger partial charge in [-0.2, -0.15) is 0 Å². The minimum atomic E-state index is 0. The van der Waals surface area contributed by atoms with Gasteiger partial charge >= 0.3 is 0 Å². The molecule has 2 rings (SSSR count). The molecule has 0 spiro atoms. The van der Waals surface area contributed by atoms with Crippen molar-refractivity contribution in [3.05, 3.63) is 0 Å². The van der Waals surface area contributed by atoms with Gasteiger partial charge in [0.15, 0.2) is 5.96 Å². The highest BCUT2D eigenvalue weighted by Gasteiger charge is 2.25. The Balaban J connectivity index is 0.00000312. The topological polar surface area (TPSA) is 34.1 Å². The van der Waals surface area contributed by atoms with Crippen molar-refractivity contribution in [1.82, 2.24) is 20.0 Å². The third-order valence-corrected chi connectivity index (χ3v) is 5.35. The summed E-state index contributed by atoms with van der Waals surface area (Å²) in [6.45, 7) is 14.2. The van der Waals surface area contributed by atoms with Crippen molar-refractivity contribution in [2.45, 2.75) is 39.5 Å². The van der Waals surface area contributed by atoms with E-state index in [1.807, 2.05) is 7.05 Å². The van der Waals surface area contributed by atoms with E-state index in [2.05, 4.69) is 45.9 Å². The van der Waals surface area contributed by atoms with Crippen LogP contribution in [0.1, 0.15) is 39.5 Å². The molecule has 5 nitrogen and oxygen atoms in total. The van der Waals surface area contributed by atoms with Crippen LogP contribution in [0.5, 0.6) is 0 Å². The molecule has 1 N–H and O–H groups in total. The average Bonchev–Trinajstić information content (AvgIpc) is 2.88. The monoisotopic (exact) mass is 465 g/mol. The number of hydrogen-bond donors (Lipinski definition) is 1. The van der Waals surface area contributed by atoms with E-state index in [0.717, 1.165) is 30.9 Å². The predicted octanol–water partition coefficient (Wildman–Crippen LogP) is 2.58. The Morgan fingerprint density at radius 1 is 1.16 bits per heavy atom. The fourth-order valence-corrected chi connectivity index (χ4v) is 4.04. The Hall–Kier alpha value is -0.0800. The van der Waals surface area contributed by atoms with E-state index in [4.69, 9.17) is 0 Å². The second-order valence-corrected chi connectivity index (χ2v) is 8.06. The smallest absolute Gasteiger partial charge is 0.193 e. The molecule has 6 heteroatoms. The summed E-state index contributed by atoms with van der Waals surface area (Å²) in [6, 6.07) is 0. The fourth-order valence-electron chi connectivity index (χ4n) is 4.04. The van der Waals surface area contributed by atoms with E-state index < -0.39 is 0 Å². The summed E-state index contributed by atoms with van der Waals surface area (Å²) < 4.78 is 0. The molecule has 1 atom stereocenters. The molecular formula is C19H40IN5. The molecule has 0 saturated carbocycles. The summed E-state index contributed by atoms with van der Waals surface area (Å²) in [6.07, 6.45) is 5.17. The first-order chi connectivity index (χ1) is 11.6. The number of halogens is 1. The maximum absolute atomic E-state index is 4.50. The van der Waals surface area contributed by atoms with Crippen molar-refractivity contribution in [3.8, 4) is 0 Å². The Morgan fingerprint density at radius 2 is 1.96 bits per heavy atom. The molecule has 2 aliphatic rings. The molecule has 148 valence electrons. The Bertz CT molecular complexity index is 388. The SMILES string of the molecule is CN=C(NCCCN1CCCN(C)CC1)N1CCC(CC(C)C)C1.I. The quantitative estimate of drug-likeness (QED) is 0.283. The molecule has 25 heavy (non-hydrogen) atoms. The minimum absolute atomic E-state index is 0. The van der Waals surface area contributed by atoms with E-state index in [1.54, 1.807) is 0 Å². The lowest BCUT2D eigenvalue weighted by Crippen LogP contribution is -2.41. The third-order valence-electron chi connectivity index (χ3n) is 5.35. The lowest BCUT2D eigenvalue weighted by Gasteiger charge is -2.23. The van der Waals surface area contributed by atoms with E-state index in [9.17, 15) is 0 Å². The highest BCUT2D eigenvalue weighted by molar-refractivity contribution is 14.0. The number of hydrogen-bond acceptors (Lipinski definition) is 3. The molecule has 0 amide bonds. The van der Waals surface area contributed by atoms with Crippen LogP contribution in [0.15, 0.2) is 4.99 Å². The van der Waals surface area contributed by atoms with Crippen LogP contribution in [0.3, 0.4) is 0 Å². The lowest BCUT2D eigenvalue weighted by atomic mass is 9.97. The molecule has 2 saturated heterocycles. The number of likely N-dealkylation sites (tertiary alicyclic amines) is 1. The number of nitrogens with one attached hydrogen (secondary N) is 1. The van der Waals surface area contributed by atoms with Gasteiger partial charge in [-0.05, 0) is 64.2 Å². The highest BCUT2D eigenvalue weighted by Crippen LogP contribution is 2.23. The van der Waals surface area contributed by atoms with E-state index in [-0.39, 0.29) is 24.0 Å². The van der Waals surface area contributed by atoms with Crippen LogP contribution in [-0.4, -0.2) is 87.1 Å². The zero-order valence-corrected chi connectivity index (χ0v) is 19.2. The zero-order valence-electron chi connectivity index (χ0n) is 16.8. The summed E-state index contributed by atoms with van der Waals surface area (Å²) in [7, 11) is 4.15. The zero-order chi connectivity index (χ0) is 17.4. The third kappa shape index (κ3) is 8.43. The second-order valence-electron chi connectivity index (χ2n) is 8.06. The van der Waals surface area contributed by atoms with Gasteiger partial charge in [0.05, 0.1) is 0 Å². The fraction of sp³-hybridized carbons (Fsp3) is 0.947. The number of likely N-dealkylation sites (N-methyl/N-ethyl adjacent to an activating group) is 1. The summed E-state index contributed by atoms with van der Waals surface area (Å²) in [5.74, 6) is 2.76. The molecule has 2 aliphatic heterocycles. The van der Waals surface area contributed by atoms with Crippen LogP contribution in [0.25, 0.3) is 0 Å². The first-order valence-corrected chi connectivity index (χ1v) is 9.95. The van der Waals surface area contributed by atoms with Crippen molar-refractivity contribution < 1.29 is 0 Å². The number of aliphatic imine (C=N–C) groups is 1. The molecule has 2 fully saturated rings. The summed E-state index contributed by atoms with van der Waals surface area (Å²) >= 11 is 0. The number of guanidine groups is 1. The molecule has 0 radical (unpaired) electrons. The van der Waals surface area contributed by atoms with Gasteiger partial charge in [0, 0.05) is 39.8 Å². The highest BCUT2D eigenvalue weighted by atomic mass is 127. The summed E-state index contributed by atoms with van der Waals surface area (Å²) in [5, 5.41) is 3.59. The molecule has 0 bridgehead atoms. The maximum Gasteiger partial charge on any atom is 0.193 e. The Kier molecular flexibility index (Phi) is 11.3. The summed E-state index contributed by atoms with van der Waals surface area (Å²) in [5.41, 5.74) is 0. The predicted molar refractivity (Wildman–Crippen MR) is 119 cm³/mol. The van der Waals surface area contributed by atoms with Crippen LogP contribution < -0.4 is 5.32 Å². The Labute approximate surface area is 172 Å². The molecule has 0 aliphatic carbocycles. The van der Waals surface area contributed by atoms with Crippen LogP contribution in [0.2, 0.25) is 0 Å². The number of rotatable bonds is 6. The van der Waals surface area contributed by atoms with Crippen molar-refractivity contribution in [2.75, 3.05) is 66.5 Å². The molecule has 0 aromatic rings. The van der Waals surface area contributed by atoms with Gasteiger partial charge in [0.25, 0.3) is 0 Å². The summed E-state index contributed by atoms with van der Waals surface area (Å²) in [4.78, 5) is 12.0. The molecule has 1 unspecified atom stereocenters. The van der Waals surface area contributed by atoms with Crippen molar-refractivity contribution in [1.29, 1.82) is 0 Å². The largest absolute Gasteiger partial charge is 0.356 e. The molecular weight excluding hydrogens is 425 g/mol. The van der Waals surface area contributed by atoms with E-state index in [0.29, 0.717) is 0 Å². The molecule has 0 aromatic carbocycles. The van der Waals surface area contributed by atoms with Crippen LogP contribution in [0, 0.1) is 11.8 Å². The van der Waals surface area contributed by atoms with Gasteiger partial charge in [0.2, 0.25) is 0 Å². The van der Waals surface area contributed by atoms with Gasteiger partial charge in [-0.1, -0.05) is 13.8 Å². The van der Waals surface area contributed by atoms with Gasteiger partial charge in [-0.3, -0.25) is 4.99 Å². The minimum Gasteiger partial charge on any atom is -0.356 e. The standard InChI is InChI=1S/C19H39N5.HI/c1-17(2)15-18-7-12-24(16-18)19(20-3)21-8-5-10-23-11-6-9-22(4)13-14-23;/h17-18H,5-16H2,1-4H3,(H,20,21);1H. The number of nitrogens with zero attached hydrogens (tertiary/aromatic N) is 4. The Morgan fingerprint density at radius 3 is 2.68 bits per heavy atom. The first-order valence-electron chi connectivity index (χ1n) is 9.95. The van der Waals surface area contributed by atoms with Crippen LogP contribution in [-0.2, 0) is 0 Å². The second kappa shape index (κ2) is 12.3. The average molecular weight is 465 g/mol. The molecule has 2 heterocycles. The van der Waals surface area contributed by atoms with Crippen LogP contribution in [0.4, 0.5) is 0 Å². The lowest BCUT2D eigenvalue weighted by molar-refractivity contribution is 0.273. The first kappa shape index (κ1) is 23.0. The van der Waals surface area contributed by atoms with E-state index >= 15 is 0 Å². The molecule has 0 aromatic heterocycles.